The summed E-state index contributed by atoms with van der Waals surface area (Å²) in [4.78, 5) is 0. The van der Waals surface area contributed by atoms with Crippen molar-refractivity contribution in [3.63, 3.8) is 0 Å². The van der Waals surface area contributed by atoms with Gasteiger partial charge in [-0.2, -0.15) is 0 Å². The molecule has 0 heterocycles. The number of benzene rings is 1. The van der Waals surface area contributed by atoms with Gasteiger partial charge in [-0.1, -0.05) is 18.5 Å². The second-order valence-corrected chi connectivity index (χ2v) is 4.28. The van der Waals surface area contributed by atoms with Crippen LogP contribution in [0.1, 0.15) is 19.4 Å². The molecular weight excluding hydrogens is 238 g/mol. The molecule has 0 aliphatic rings. The summed E-state index contributed by atoms with van der Waals surface area (Å²) in [6.07, 6.45) is 0.978. The van der Waals surface area contributed by atoms with Crippen molar-refractivity contribution in [2.24, 2.45) is 5.73 Å². The Hall–Kier alpha value is -0.770. The molecule has 0 saturated heterocycles. The van der Waals surface area contributed by atoms with Crippen LogP contribution in [0.25, 0.3) is 0 Å². The van der Waals surface area contributed by atoms with Crippen molar-refractivity contribution < 1.29 is 9.47 Å². The van der Waals surface area contributed by atoms with Crippen molar-refractivity contribution in [3.05, 3.63) is 28.8 Å². The summed E-state index contributed by atoms with van der Waals surface area (Å²) < 4.78 is 11.0. The summed E-state index contributed by atoms with van der Waals surface area (Å²) in [5, 5.41) is 0.785. The summed E-state index contributed by atoms with van der Waals surface area (Å²) in [5.41, 5.74) is 6.54. The van der Waals surface area contributed by atoms with Gasteiger partial charge in [-0.3, -0.25) is 0 Å². The lowest BCUT2D eigenvalue weighted by Crippen LogP contribution is -2.22. The summed E-state index contributed by atoms with van der Waals surface area (Å²) in [6.45, 7) is 5.60. The zero-order valence-electron chi connectivity index (χ0n) is 10.4. The number of aryl methyl sites for hydroxylation is 1. The van der Waals surface area contributed by atoms with Gasteiger partial charge in [0.25, 0.3) is 0 Å². The van der Waals surface area contributed by atoms with Crippen LogP contribution in [0.2, 0.25) is 5.02 Å². The van der Waals surface area contributed by atoms with E-state index in [4.69, 9.17) is 26.8 Å². The van der Waals surface area contributed by atoms with Gasteiger partial charge in [0.15, 0.2) is 0 Å². The number of nitrogens with two attached hydrogens (primary N) is 1. The minimum atomic E-state index is 0.0787. The lowest BCUT2D eigenvalue weighted by atomic mass is 10.1. The molecule has 96 valence electrons. The second kappa shape index (κ2) is 7.54. The molecule has 0 bridgehead atoms. The van der Waals surface area contributed by atoms with Gasteiger partial charge in [0, 0.05) is 11.6 Å². The summed E-state index contributed by atoms with van der Waals surface area (Å²) in [5.74, 6) is 0.829. The van der Waals surface area contributed by atoms with Gasteiger partial charge in [0.1, 0.15) is 12.4 Å². The highest BCUT2D eigenvalue weighted by Crippen LogP contribution is 2.22. The lowest BCUT2D eigenvalue weighted by Gasteiger charge is -2.12. The maximum Gasteiger partial charge on any atom is 0.119 e. The third kappa shape index (κ3) is 4.94. The van der Waals surface area contributed by atoms with E-state index in [2.05, 4.69) is 6.92 Å². The molecule has 0 spiro atoms. The van der Waals surface area contributed by atoms with Crippen molar-refractivity contribution in [3.8, 4) is 5.75 Å². The SMILES string of the molecule is CCc1cc(OCCOC(C)CN)ccc1Cl. The van der Waals surface area contributed by atoms with Crippen LogP contribution in [0.4, 0.5) is 0 Å². The minimum Gasteiger partial charge on any atom is -0.491 e. The smallest absolute Gasteiger partial charge is 0.119 e. The fourth-order valence-electron chi connectivity index (χ4n) is 1.39. The van der Waals surface area contributed by atoms with Crippen LogP contribution >= 0.6 is 11.6 Å². The maximum atomic E-state index is 6.02. The normalized spacial score (nSPS) is 12.5. The zero-order valence-corrected chi connectivity index (χ0v) is 11.2. The van der Waals surface area contributed by atoms with Crippen molar-refractivity contribution in [2.75, 3.05) is 19.8 Å². The fraction of sp³-hybridized carbons (Fsp3) is 0.538. The van der Waals surface area contributed by atoms with E-state index in [9.17, 15) is 0 Å². The van der Waals surface area contributed by atoms with E-state index in [0.717, 1.165) is 22.8 Å². The van der Waals surface area contributed by atoms with Crippen LogP contribution in [0, 0.1) is 0 Å². The molecule has 0 aliphatic carbocycles. The molecule has 0 aromatic heterocycles. The van der Waals surface area contributed by atoms with Crippen molar-refractivity contribution in [2.45, 2.75) is 26.4 Å². The predicted molar refractivity (Wildman–Crippen MR) is 70.8 cm³/mol. The van der Waals surface area contributed by atoms with Crippen LogP contribution in [-0.4, -0.2) is 25.9 Å². The zero-order chi connectivity index (χ0) is 12.7. The molecule has 1 aromatic carbocycles. The molecule has 1 unspecified atom stereocenters. The molecule has 3 nitrogen and oxygen atoms in total. The van der Waals surface area contributed by atoms with E-state index >= 15 is 0 Å². The Balaban J connectivity index is 2.36. The monoisotopic (exact) mass is 257 g/mol. The lowest BCUT2D eigenvalue weighted by molar-refractivity contribution is 0.0496. The molecule has 17 heavy (non-hydrogen) atoms. The standard InChI is InChI=1S/C13H20ClNO2/c1-3-11-8-12(4-5-13(11)14)17-7-6-16-10(2)9-15/h4-5,8,10H,3,6-7,9,15H2,1-2H3. The van der Waals surface area contributed by atoms with Gasteiger partial charge in [-0.15, -0.1) is 0 Å². The molecule has 4 heteroatoms. The van der Waals surface area contributed by atoms with Crippen molar-refractivity contribution >= 4 is 11.6 Å². The summed E-state index contributed by atoms with van der Waals surface area (Å²) in [6, 6.07) is 5.70. The molecular formula is C13H20ClNO2. The topological polar surface area (TPSA) is 44.5 Å². The number of rotatable bonds is 7. The van der Waals surface area contributed by atoms with E-state index in [-0.39, 0.29) is 6.10 Å². The van der Waals surface area contributed by atoms with Crippen LogP contribution in [-0.2, 0) is 11.2 Å². The Morgan fingerprint density at radius 1 is 1.35 bits per heavy atom. The highest BCUT2D eigenvalue weighted by atomic mass is 35.5. The molecule has 1 rings (SSSR count). The Morgan fingerprint density at radius 2 is 2.12 bits per heavy atom. The third-order valence-electron chi connectivity index (χ3n) is 2.48. The molecule has 0 saturated carbocycles. The largest absolute Gasteiger partial charge is 0.491 e. The van der Waals surface area contributed by atoms with Gasteiger partial charge in [-0.25, -0.2) is 0 Å². The van der Waals surface area contributed by atoms with E-state index in [1.165, 1.54) is 0 Å². The quantitative estimate of drug-likeness (QED) is 0.764. The second-order valence-electron chi connectivity index (χ2n) is 3.87. The van der Waals surface area contributed by atoms with Gasteiger partial charge >= 0.3 is 0 Å². The van der Waals surface area contributed by atoms with E-state index in [1.54, 1.807) is 0 Å². The first-order chi connectivity index (χ1) is 8.17. The van der Waals surface area contributed by atoms with E-state index in [1.807, 2.05) is 25.1 Å². The van der Waals surface area contributed by atoms with Crippen LogP contribution < -0.4 is 10.5 Å². The summed E-state index contributed by atoms with van der Waals surface area (Å²) in [7, 11) is 0. The highest BCUT2D eigenvalue weighted by molar-refractivity contribution is 6.31. The highest BCUT2D eigenvalue weighted by Gasteiger charge is 2.02. The minimum absolute atomic E-state index is 0.0787. The Morgan fingerprint density at radius 3 is 2.76 bits per heavy atom. The van der Waals surface area contributed by atoms with Crippen molar-refractivity contribution in [1.29, 1.82) is 0 Å². The number of halogens is 1. The number of hydrogen-bond acceptors (Lipinski definition) is 3. The fourth-order valence-corrected chi connectivity index (χ4v) is 1.64. The third-order valence-corrected chi connectivity index (χ3v) is 2.85. The number of ether oxygens (including phenoxy) is 2. The van der Waals surface area contributed by atoms with Gasteiger partial charge in [0.2, 0.25) is 0 Å². The maximum absolute atomic E-state index is 6.02. The molecule has 1 atom stereocenters. The summed E-state index contributed by atoms with van der Waals surface area (Å²) >= 11 is 6.02. The molecule has 1 aromatic rings. The molecule has 0 amide bonds. The van der Waals surface area contributed by atoms with E-state index in [0.29, 0.717) is 19.8 Å². The Labute approximate surface area is 108 Å². The average Bonchev–Trinajstić information content (AvgIpc) is 2.36. The molecule has 0 radical (unpaired) electrons. The predicted octanol–water partition coefficient (Wildman–Crippen LogP) is 2.65. The molecule has 2 N–H and O–H groups in total. The van der Waals surface area contributed by atoms with Crippen molar-refractivity contribution in [1.82, 2.24) is 0 Å². The Kier molecular flexibility index (Phi) is 6.34. The van der Waals surface area contributed by atoms with Gasteiger partial charge < -0.3 is 15.2 Å². The van der Waals surface area contributed by atoms with Crippen LogP contribution in [0.15, 0.2) is 18.2 Å². The average molecular weight is 258 g/mol. The first-order valence-electron chi connectivity index (χ1n) is 5.90. The molecule has 0 fully saturated rings. The first kappa shape index (κ1) is 14.3. The van der Waals surface area contributed by atoms with E-state index < -0.39 is 0 Å². The van der Waals surface area contributed by atoms with Gasteiger partial charge in [0.05, 0.1) is 12.7 Å². The van der Waals surface area contributed by atoms with Gasteiger partial charge in [-0.05, 0) is 37.1 Å². The van der Waals surface area contributed by atoms with Crippen LogP contribution in [0.5, 0.6) is 5.75 Å². The van der Waals surface area contributed by atoms with Crippen LogP contribution in [0.3, 0.4) is 0 Å². The number of hydrogen-bond donors (Lipinski definition) is 1. The first-order valence-corrected chi connectivity index (χ1v) is 6.28. The molecule has 0 aliphatic heterocycles. The Bertz CT molecular complexity index is 344.